The molecule has 0 saturated heterocycles. The number of benzene rings is 1. The Hall–Kier alpha value is -2.95. The Kier molecular flexibility index (Phi) is 3.73. The molecule has 1 atom stereocenters. The first-order chi connectivity index (χ1) is 10.4. The molecule has 0 saturated carbocycles. The van der Waals surface area contributed by atoms with Crippen molar-refractivity contribution in [3.8, 4) is 0 Å². The second kappa shape index (κ2) is 6.00. The van der Waals surface area contributed by atoms with Gasteiger partial charge in [-0.2, -0.15) is 5.10 Å². The minimum Gasteiger partial charge on any atom is -0.358 e. The molecular weight excluding hydrogens is 264 g/mol. The number of nitrogens with zero attached hydrogens (tertiary/aromatic N) is 2. The number of aldehydes is 1. The minimum atomic E-state index is -0.0612. The monoisotopic (exact) mass is 278 g/mol. The van der Waals surface area contributed by atoms with Crippen LogP contribution in [0.4, 0.5) is 5.69 Å². The van der Waals surface area contributed by atoms with E-state index in [1.165, 1.54) is 0 Å². The number of aliphatic imine (C=N–C) groups is 1. The standard InChI is InChI=1S/C16H14N4O/c21-11-13-10-16(20-19-13)14-6-8-17-9-7-15(14)18-12-4-2-1-3-5-12/h1-11,14,18H,(H,19,20). The van der Waals surface area contributed by atoms with E-state index in [0.29, 0.717) is 5.69 Å². The van der Waals surface area contributed by atoms with E-state index in [2.05, 4.69) is 20.5 Å². The highest BCUT2D eigenvalue weighted by molar-refractivity contribution is 5.76. The van der Waals surface area contributed by atoms with Crippen LogP contribution in [0.5, 0.6) is 0 Å². The van der Waals surface area contributed by atoms with E-state index in [9.17, 15) is 4.79 Å². The SMILES string of the molecule is O=Cc1cc(C2C=CN=CC=C2Nc2ccccc2)[nH]n1. The summed E-state index contributed by atoms with van der Waals surface area (Å²) in [5.74, 6) is -0.0612. The van der Waals surface area contributed by atoms with Crippen LogP contribution in [0.1, 0.15) is 22.1 Å². The van der Waals surface area contributed by atoms with E-state index < -0.39 is 0 Å². The van der Waals surface area contributed by atoms with Crippen LogP contribution >= 0.6 is 0 Å². The van der Waals surface area contributed by atoms with Crippen LogP contribution in [0.2, 0.25) is 0 Å². The Morgan fingerprint density at radius 2 is 2.10 bits per heavy atom. The maximum absolute atomic E-state index is 10.8. The summed E-state index contributed by atoms with van der Waals surface area (Å²) < 4.78 is 0. The van der Waals surface area contributed by atoms with Crippen molar-refractivity contribution in [1.82, 2.24) is 10.2 Å². The molecule has 5 nitrogen and oxygen atoms in total. The lowest BCUT2D eigenvalue weighted by Gasteiger charge is -2.17. The van der Waals surface area contributed by atoms with Crippen molar-refractivity contribution in [3.63, 3.8) is 0 Å². The molecule has 2 N–H and O–H groups in total. The van der Waals surface area contributed by atoms with Crippen molar-refractivity contribution in [2.24, 2.45) is 4.99 Å². The number of H-pyrrole nitrogens is 1. The van der Waals surface area contributed by atoms with Crippen LogP contribution < -0.4 is 5.32 Å². The molecule has 0 amide bonds. The number of aromatic nitrogens is 2. The van der Waals surface area contributed by atoms with Crippen LogP contribution in [-0.4, -0.2) is 22.7 Å². The van der Waals surface area contributed by atoms with Gasteiger partial charge in [-0.1, -0.05) is 24.3 Å². The topological polar surface area (TPSA) is 70.1 Å². The van der Waals surface area contributed by atoms with Crippen LogP contribution in [0, 0.1) is 0 Å². The van der Waals surface area contributed by atoms with Gasteiger partial charge < -0.3 is 5.32 Å². The number of rotatable bonds is 4. The molecule has 2 heterocycles. The molecule has 0 radical (unpaired) electrons. The molecule has 0 fully saturated rings. The van der Waals surface area contributed by atoms with Crippen molar-refractivity contribution in [1.29, 1.82) is 0 Å². The smallest absolute Gasteiger partial charge is 0.170 e. The number of nitrogens with one attached hydrogen (secondary N) is 2. The molecule has 1 aromatic carbocycles. The Balaban J connectivity index is 1.91. The predicted molar refractivity (Wildman–Crippen MR) is 82.5 cm³/mol. The molecule has 1 aliphatic rings. The summed E-state index contributed by atoms with van der Waals surface area (Å²) in [6.07, 6.45) is 8.07. The van der Waals surface area contributed by atoms with Crippen molar-refractivity contribution in [3.05, 3.63) is 71.8 Å². The first kappa shape index (κ1) is 13.1. The quantitative estimate of drug-likeness (QED) is 0.845. The Labute approximate surface area is 122 Å². The predicted octanol–water partition coefficient (Wildman–Crippen LogP) is 2.90. The molecule has 1 aliphatic heterocycles. The Morgan fingerprint density at radius 3 is 2.86 bits per heavy atom. The lowest BCUT2D eigenvalue weighted by atomic mass is 10.0. The number of carbonyl (C=O) groups excluding carboxylic acids is 1. The number of hydrogen-bond donors (Lipinski definition) is 2. The minimum absolute atomic E-state index is 0.0612. The van der Waals surface area contributed by atoms with Crippen LogP contribution in [0.3, 0.4) is 0 Å². The number of hydrogen-bond acceptors (Lipinski definition) is 4. The summed E-state index contributed by atoms with van der Waals surface area (Å²) in [4.78, 5) is 14.9. The van der Waals surface area contributed by atoms with Crippen molar-refractivity contribution >= 4 is 18.2 Å². The van der Waals surface area contributed by atoms with E-state index in [0.717, 1.165) is 23.4 Å². The molecule has 2 aromatic rings. The largest absolute Gasteiger partial charge is 0.358 e. The first-order valence-electron chi connectivity index (χ1n) is 6.59. The van der Waals surface area contributed by atoms with E-state index in [1.807, 2.05) is 42.5 Å². The third-order valence-electron chi connectivity index (χ3n) is 3.18. The molecule has 104 valence electrons. The van der Waals surface area contributed by atoms with Gasteiger partial charge in [-0.25, -0.2) is 0 Å². The van der Waals surface area contributed by atoms with Gasteiger partial charge in [0.2, 0.25) is 0 Å². The second-order valence-corrected chi connectivity index (χ2v) is 4.60. The van der Waals surface area contributed by atoms with Gasteiger partial charge in [-0.05, 0) is 24.3 Å². The summed E-state index contributed by atoms with van der Waals surface area (Å²) >= 11 is 0. The van der Waals surface area contributed by atoms with Gasteiger partial charge in [-0.3, -0.25) is 14.9 Å². The molecule has 0 spiro atoms. The fourth-order valence-corrected chi connectivity index (χ4v) is 2.17. The van der Waals surface area contributed by atoms with Crippen LogP contribution in [-0.2, 0) is 0 Å². The van der Waals surface area contributed by atoms with Crippen molar-refractivity contribution in [2.75, 3.05) is 5.32 Å². The number of para-hydroxylation sites is 1. The maximum atomic E-state index is 10.8. The summed E-state index contributed by atoms with van der Waals surface area (Å²) in [5, 5.41) is 10.2. The summed E-state index contributed by atoms with van der Waals surface area (Å²) in [6, 6.07) is 11.6. The highest BCUT2D eigenvalue weighted by Crippen LogP contribution is 2.27. The third-order valence-corrected chi connectivity index (χ3v) is 3.18. The molecule has 0 aliphatic carbocycles. The van der Waals surface area contributed by atoms with Gasteiger partial charge >= 0.3 is 0 Å². The van der Waals surface area contributed by atoms with Gasteiger partial charge in [0, 0.05) is 29.5 Å². The third kappa shape index (κ3) is 2.97. The van der Waals surface area contributed by atoms with Crippen LogP contribution in [0.25, 0.3) is 0 Å². The van der Waals surface area contributed by atoms with Crippen molar-refractivity contribution < 1.29 is 4.79 Å². The first-order valence-corrected chi connectivity index (χ1v) is 6.59. The molecular formula is C16H14N4O. The average Bonchev–Trinajstić information content (AvgIpc) is 2.89. The number of carbonyl (C=O) groups is 1. The van der Waals surface area contributed by atoms with Gasteiger partial charge in [0.1, 0.15) is 5.69 Å². The maximum Gasteiger partial charge on any atom is 0.170 e. The summed E-state index contributed by atoms with van der Waals surface area (Å²) in [7, 11) is 0. The van der Waals surface area contributed by atoms with E-state index in [-0.39, 0.29) is 5.92 Å². The van der Waals surface area contributed by atoms with Gasteiger partial charge in [0.15, 0.2) is 6.29 Å². The van der Waals surface area contributed by atoms with E-state index in [4.69, 9.17) is 0 Å². The zero-order valence-corrected chi connectivity index (χ0v) is 11.2. The number of anilines is 1. The van der Waals surface area contributed by atoms with E-state index in [1.54, 1.807) is 18.5 Å². The van der Waals surface area contributed by atoms with Gasteiger partial charge in [0.05, 0.1) is 5.92 Å². The molecule has 0 bridgehead atoms. The average molecular weight is 278 g/mol. The molecule has 21 heavy (non-hydrogen) atoms. The fourth-order valence-electron chi connectivity index (χ4n) is 2.17. The Morgan fingerprint density at radius 1 is 1.24 bits per heavy atom. The summed E-state index contributed by atoms with van der Waals surface area (Å²) in [6.45, 7) is 0. The number of aromatic amines is 1. The molecule has 1 unspecified atom stereocenters. The zero-order chi connectivity index (χ0) is 14.5. The molecule has 5 heteroatoms. The fraction of sp³-hybridized carbons (Fsp3) is 0.0625. The molecule has 1 aromatic heterocycles. The van der Waals surface area contributed by atoms with Gasteiger partial charge in [0.25, 0.3) is 0 Å². The normalized spacial score (nSPS) is 17.1. The highest BCUT2D eigenvalue weighted by atomic mass is 16.1. The van der Waals surface area contributed by atoms with Crippen LogP contribution in [0.15, 0.2) is 65.4 Å². The lowest BCUT2D eigenvalue weighted by Crippen LogP contribution is -2.09. The lowest BCUT2D eigenvalue weighted by molar-refractivity contribution is 0.111. The van der Waals surface area contributed by atoms with Crippen molar-refractivity contribution in [2.45, 2.75) is 5.92 Å². The zero-order valence-electron chi connectivity index (χ0n) is 11.2. The van der Waals surface area contributed by atoms with Gasteiger partial charge in [-0.15, -0.1) is 0 Å². The number of allylic oxidation sites excluding steroid dienone is 2. The van der Waals surface area contributed by atoms with E-state index >= 15 is 0 Å². The molecule has 3 rings (SSSR count). The highest BCUT2D eigenvalue weighted by Gasteiger charge is 2.17. The summed E-state index contributed by atoms with van der Waals surface area (Å²) in [5.41, 5.74) is 3.18. The second-order valence-electron chi connectivity index (χ2n) is 4.60. The Bertz CT molecular complexity index is 713.